The Bertz CT molecular complexity index is 1140. The number of hydrogen-bond acceptors (Lipinski definition) is 6. The first-order valence-corrected chi connectivity index (χ1v) is 15.9. The van der Waals surface area contributed by atoms with E-state index in [4.69, 9.17) is 4.98 Å². The summed E-state index contributed by atoms with van der Waals surface area (Å²) in [4.78, 5) is 43.6. The quantitative estimate of drug-likeness (QED) is 0.280. The molecule has 40 heavy (non-hydrogen) atoms. The van der Waals surface area contributed by atoms with Crippen molar-refractivity contribution in [3.63, 3.8) is 0 Å². The molecule has 2 aliphatic rings. The van der Waals surface area contributed by atoms with Crippen molar-refractivity contribution in [2.75, 3.05) is 19.6 Å². The van der Waals surface area contributed by atoms with Gasteiger partial charge >= 0.3 is 6.03 Å². The maximum absolute atomic E-state index is 13.7. The van der Waals surface area contributed by atoms with Gasteiger partial charge in [-0.2, -0.15) is 0 Å². The minimum atomic E-state index is -0.729. The summed E-state index contributed by atoms with van der Waals surface area (Å²) in [6.07, 6.45) is 7.94. The highest BCUT2D eigenvalue weighted by Gasteiger charge is 2.30. The van der Waals surface area contributed by atoms with Crippen molar-refractivity contribution < 1.29 is 14.4 Å². The molecule has 2 fully saturated rings. The maximum atomic E-state index is 13.7. The van der Waals surface area contributed by atoms with E-state index in [-0.39, 0.29) is 35.8 Å². The van der Waals surface area contributed by atoms with Gasteiger partial charge in [-0.05, 0) is 68.3 Å². The molecule has 9 nitrogen and oxygen atoms in total. The van der Waals surface area contributed by atoms with E-state index in [1.807, 2.05) is 6.07 Å². The lowest BCUT2D eigenvalue weighted by atomic mass is 9.83. The standard InChI is InChI=1S/C30H46N6O3S/c1-4-27(37)34-24(17-28-35-23-11-10-21(19(2)3)16-26(23)40-28)29(38)36-25(20-8-6-5-7-9-20)18-32-30(39)33-22-12-14-31-15-13-22/h10-11,16,19-20,22,24-25,31H,4-9,12-15,17-18H2,1-3H3,(H,34,37)(H,36,38)(H2,32,33,39)/t24-,25+/m0/s1. The van der Waals surface area contributed by atoms with E-state index < -0.39 is 6.04 Å². The zero-order valence-corrected chi connectivity index (χ0v) is 25.0. The first-order valence-electron chi connectivity index (χ1n) is 15.1. The molecule has 0 radical (unpaired) electrons. The van der Waals surface area contributed by atoms with Crippen LogP contribution in [0.4, 0.5) is 4.79 Å². The van der Waals surface area contributed by atoms with Gasteiger partial charge in [-0.25, -0.2) is 9.78 Å². The van der Waals surface area contributed by atoms with Crippen molar-refractivity contribution in [2.45, 2.75) is 103 Å². The maximum Gasteiger partial charge on any atom is 0.315 e. The second-order valence-electron chi connectivity index (χ2n) is 11.6. The van der Waals surface area contributed by atoms with Crippen LogP contribution in [0, 0.1) is 5.92 Å². The van der Waals surface area contributed by atoms with E-state index in [0.29, 0.717) is 25.3 Å². The minimum Gasteiger partial charge on any atom is -0.350 e. The SMILES string of the molecule is CCC(=O)N[C@@H](Cc1nc2ccc(C(C)C)cc2s1)C(=O)N[C@H](CNC(=O)NC1CCNCC1)C1CCCCC1. The third-order valence-electron chi connectivity index (χ3n) is 8.18. The summed E-state index contributed by atoms with van der Waals surface area (Å²) in [6, 6.07) is 5.35. The van der Waals surface area contributed by atoms with Crippen molar-refractivity contribution in [1.29, 1.82) is 0 Å². The van der Waals surface area contributed by atoms with Crippen LogP contribution < -0.4 is 26.6 Å². The topological polar surface area (TPSA) is 124 Å². The Hall–Kier alpha value is -2.72. The van der Waals surface area contributed by atoms with Crippen molar-refractivity contribution >= 4 is 39.4 Å². The number of amides is 4. The van der Waals surface area contributed by atoms with Gasteiger partial charge in [0.15, 0.2) is 0 Å². The van der Waals surface area contributed by atoms with Gasteiger partial charge < -0.3 is 26.6 Å². The summed E-state index contributed by atoms with van der Waals surface area (Å²) in [6.45, 7) is 8.29. The molecular formula is C30H46N6O3S. The number of hydrogen-bond donors (Lipinski definition) is 5. The molecule has 4 amide bonds. The Morgan fingerprint density at radius 1 is 1.05 bits per heavy atom. The molecule has 0 spiro atoms. The fourth-order valence-corrected chi connectivity index (χ4v) is 6.74. The van der Waals surface area contributed by atoms with Crippen LogP contribution in [0.15, 0.2) is 18.2 Å². The highest BCUT2D eigenvalue weighted by Crippen LogP contribution is 2.28. The molecule has 1 aromatic carbocycles. The molecule has 0 unspecified atom stereocenters. The average molecular weight is 571 g/mol. The number of benzene rings is 1. The van der Waals surface area contributed by atoms with E-state index in [1.54, 1.807) is 18.3 Å². The van der Waals surface area contributed by atoms with Crippen LogP contribution in [0.1, 0.15) is 88.6 Å². The fraction of sp³-hybridized carbons (Fsp3) is 0.667. The average Bonchev–Trinajstić information content (AvgIpc) is 3.37. The van der Waals surface area contributed by atoms with Gasteiger partial charge in [0.1, 0.15) is 6.04 Å². The van der Waals surface area contributed by atoms with Crippen LogP contribution >= 0.6 is 11.3 Å². The minimum absolute atomic E-state index is 0.169. The van der Waals surface area contributed by atoms with E-state index in [1.165, 1.54) is 12.0 Å². The van der Waals surface area contributed by atoms with Crippen LogP contribution in [0.5, 0.6) is 0 Å². The van der Waals surface area contributed by atoms with Crippen molar-refractivity contribution in [3.05, 3.63) is 28.8 Å². The molecular weight excluding hydrogens is 524 g/mol. The van der Waals surface area contributed by atoms with Gasteiger partial charge in [0.2, 0.25) is 11.8 Å². The number of aromatic nitrogens is 1. The Balaban J connectivity index is 1.44. The molecule has 2 atom stereocenters. The van der Waals surface area contributed by atoms with Crippen LogP contribution in [0.25, 0.3) is 10.2 Å². The van der Waals surface area contributed by atoms with Crippen molar-refractivity contribution in [1.82, 2.24) is 31.6 Å². The van der Waals surface area contributed by atoms with Crippen molar-refractivity contribution in [2.24, 2.45) is 5.92 Å². The molecule has 5 N–H and O–H groups in total. The first-order chi connectivity index (χ1) is 19.3. The smallest absolute Gasteiger partial charge is 0.315 e. The number of urea groups is 1. The highest BCUT2D eigenvalue weighted by atomic mass is 32.1. The monoisotopic (exact) mass is 570 g/mol. The summed E-state index contributed by atoms with van der Waals surface area (Å²) < 4.78 is 1.09. The number of thiazole rings is 1. The Morgan fingerprint density at radius 3 is 2.50 bits per heavy atom. The lowest BCUT2D eigenvalue weighted by molar-refractivity contribution is -0.129. The predicted octanol–water partition coefficient (Wildman–Crippen LogP) is 3.97. The van der Waals surface area contributed by atoms with Crippen LogP contribution in [-0.2, 0) is 16.0 Å². The Labute approximate surface area is 242 Å². The molecule has 2 heterocycles. The molecule has 1 aliphatic heterocycles. The molecule has 1 aliphatic carbocycles. The van der Waals surface area contributed by atoms with E-state index >= 15 is 0 Å². The van der Waals surface area contributed by atoms with Crippen LogP contribution in [0.2, 0.25) is 0 Å². The third-order valence-corrected chi connectivity index (χ3v) is 9.22. The number of rotatable bonds is 11. The molecule has 1 saturated carbocycles. The summed E-state index contributed by atoms with van der Waals surface area (Å²) in [5.41, 5.74) is 2.16. The first kappa shape index (κ1) is 30.2. The number of carbonyl (C=O) groups excluding carboxylic acids is 3. The van der Waals surface area contributed by atoms with Gasteiger partial charge in [0.25, 0.3) is 0 Å². The number of carbonyl (C=O) groups is 3. The van der Waals surface area contributed by atoms with E-state index in [2.05, 4.69) is 52.6 Å². The zero-order chi connectivity index (χ0) is 28.5. The Morgan fingerprint density at radius 2 is 1.80 bits per heavy atom. The number of fused-ring (bicyclic) bond motifs is 1. The number of piperidine rings is 1. The molecule has 1 saturated heterocycles. The molecule has 10 heteroatoms. The number of nitrogens with one attached hydrogen (secondary N) is 5. The molecule has 1 aromatic heterocycles. The van der Waals surface area contributed by atoms with Crippen LogP contribution in [-0.4, -0.2) is 60.6 Å². The largest absolute Gasteiger partial charge is 0.350 e. The summed E-state index contributed by atoms with van der Waals surface area (Å²) in [5.74, 6) is 0.317. The molecule has 4 rings (SSSR count). The van der Waals surface area contributed by atoms with Crippen molar-refractivity contribution in [3.8, 4) is 0 Å². The summed E-state index contributed by atoms with van der Waals surface area (Å²) >= 11 is 1.57. The molecule has 0 bridgehead atoms. The lowest BCUT2D eigenvalue weighted by Gasteiger charge is -2.32. The molecule has 220 valence electrons. The van der Waals surface area contributed by atoms with Gasteiger partial charge in [0.05, 0.1) is 15.2 Å². The Kier molecular flexibility index (Phi) is 11.2. The van der Waals surface area contributed by atoms with E-state index in [9.17, 15) is 14.4 Å². The highest BCUT2D eigenvalue weighted by molar-refractivity contribution is 7.18. The normalized spacial score (nSPS) is 18.3. The number of nitrogens with zero attached hydrogens (tertiary/aromatic N) is 1. The fourth-order valence-electron chi connectivity index (χ4n) is 5.68. The second-order valence-corrected chi connectivity index (χ2v) is 12.7. The zero-order valence-electron chi connectivity index (χ0n) is 24.2. The predicted molar refractivity (Wildman–Crippen MR) is 161 cm³/mol. The summed E-state index contributed by atoms with van der Waals surface area (Å²) in [5, 5.41) is 16.4. The van der Waals surface area contributed by atoms with Gasteiger partial charge in [-0.15, -0.1) is 11.3 Å². The van der Waals surface area contributed by atoms with Gasteiger partial charge in [-0.1, -0.05) is 46.1 Å². The summed E-state index contributed by atoms with van der Waals surface area (Å²) in [7, 11) is 0. The molecule has 2 aromatic rings. The van der Waals surface area contributed by atoms with Crippen LogP contribution in [0.3, 0.4) is 0 Å². The second kappa shape index (κ2) is 14.8. The van der Waals surface area contributed by atoms with Gasteiger partial charge in [-0.3, -0.25) is 9.59 Å². The van der Waals surface area contributed by atoms with E-state index in [0.717, 1.165) is 66.8 Å². The van der Waals surface area contributed by atoms with Gasteiger partial charge in [0, 0.05) is 31.5 Å². The lowest BCUT2D eigenvalue weighted by Crippen LogP contribution is -2.56. The third kappa shape index (κ3) is 8.64.